The van der Waals surface area contributed by atoms with Crippen molar-refractivity contribution in [3.8, 4) is 0 Å². The van der Waals surface area contributed by atoms with Crippen LogP contribution < -0.4 is 11.1 Å². The van der Waals surface area contributed by atoms with Gasteiger partial charge in [-0.05, 0) is 5.92 Å². The molecule has 1 heterocycles. The van der Waals surface area contributed by atoms with Crippen molar-refractivity contribution in [1.82, 2.24) is 9.97 Å². The molecule has 1 aromatic rings. The zero-order valence-corrected chi connectivity index (χ0v) is 10.0. The van der Waals surface area contributed by atoms with Crippen LogP contribution in [0.15, 0.2) is 12.4 Å². The van der Waals surface area contributed by atoms with Gasteiger partial charge in [0.1, 0.15) is 17.3 Å². The van der Waals surface area contributed by atoms with E-state index in [1.807, 2.05) is 13.8 Å². The number of halogens is 1. The zero-order chi connectivity index (χ0) is 12.1. The largest absolute Gasteiger partial charge is 0.320 e. The van der Waals surface area contributed by atoms with Gasteiger partial charge in [0.25, 0.3) is 0 Å². The second kappa shape index (κ2) is 5.77. The van der Waals surface area contributed by atoms with Crippen LogP contribution in [0.1, 0.15) is 20.3 Å². The summed E-state index contributed by atoms with van der Waals surface area (Å²) in [7, 11) is 0. The fraction of sp³-hybridized carbons (Fsp3) is 0.500. The smallest absolute Gasteiger partial charge is 0.242 e. The topological polar surface area (TPSA) is 80.9 Å². The molecule has 3 N–H and O–H groups in total. The molecule has 16 heavy (non-hydrogen) atoms. The highest BCUT2D eigenvalue weighted by Gasteiger charge is 2.19. The summed E-state index contributed by atoms with van der Waals surface area (Å²) in [5.41, 5.74) is 5.77. The summed E-state index contributed by atoms with van der Waals surface area (Å²) in [4.78, 5) is 19.3. The van der Waals surface area contributed by atoms with Crippen LogP contribution in [0, 0.1) is 5.92 Å². The van der Waals surface area contributed by atoms with E-state index >= 15 is 0 Å². The second-order valence-corrected chi connectivity index (χ2v) is 4.01. The number of nitrogens with zero attached hydrogens (tertiary/aromatic N) is 2. The predicted molar refractivity (Wildman–Crippen MR) is 63.1 cm³/mol. The average Bonchev–Trinajstić information content (AvgIpc) is 2.27. The molecule has 5 nitrogen and oxygen atoms in total. The third-order valence-electron chi connectivity index (χ3n) is 2.44. The maximum Gasteiger partial charge on any atom is 0.242 e. The molecule has 88 valence electrons. The highest BCUT2D eigenvalue weighted by Crippen LogP contribution is 2.11. The molecule has 0 fully saturated rings. The lowest BCUT2D eigenvalue weighted by atomic mass is 9.99. The van der Waals surface area contributed by atoms with Crippen molar-refractivity contribution in [2.24, 2.45) is 11.7 Å². The van der Waals surface area contributed by atoms with Crippen molar-refractivity contribution in [1.29, 1.82) is 0 Å². The lowest BCUT2D eigenvalue weighted by Crippen LogP contribution is -2.40. The van der Waals surface area contributed by atoms with Crippen LogP contribution in [0.3, 0.4) is 0 Å². The number of carbonyl (C=O) groups is 1. The summed E-state index contributed by atoms with van der Waals surface area (Å²) >= 11 is 5.66. The van der Waals surface area contributed by atoms with Gasteiger partial charge in [-0.1, -0.05) is 31.9 Å². The van der Waals surface area contributed by atoms with Crippen molar-refractivity contribution < 1.29 is 4.79 Å². The minimum Gasteiger partial charge on any atom is -0.320 e. The average molecular weight is 243 g/mol. The molecule has 2 atom stereocenters. The van der Waals surface area contributed by atoms with E-state index in [2.05, 4.69) is 15.3 Å². The molecule has 6 heteroatoms. The SMILES string of the molecule is CCC(C)C(N)C(=O)Nc1cc(Cl)ncn1. The molecule has 0 radical (unpaired) electrons. The molecule has 0 bridgehead atoms. The molecule has 0 aromatic carbocycles. The number of nitrogens with one attached hydrogen (secondary N) is 1. The maximum absolute atomic E-state index is 11.7. The van der Waals surface area contributed by atoms with Crippen molar-refractivity contribution in [3.05, 3.63) is 17.5 Å². The number of rotatable bonds is 4. The first kappa shape index (κ1) is 12.9. The number of hydrogen-bond acceptors (Lipinski definition) is 4. The summed E-state index contributed by atoms with van der Waals surface area (Å²) in [6.07, 6.45) is 2.13. The molecule has 0 spiro atoms. The van der Waals surface area contributed by atoms with Gasteiger partial charge in [-0.2, -0.15) is 0 Å². The Morgan fingerprint density at radius 3 is 2.88 bits per heavy atom. The Morgan fingerprint density at radius 2 is 2.31 bits per heavy atom. The molecule has 1 rings (SSSR count). The van der Waals surface area contributed by atoms with E-state index in [0.717, 1.165) is 6.42 Å². The molecule has 0 aliphatic rings. The molecule has 0 saturated carbocycles. The Morgan fingerprint density at radius 1 is 1.62 bits per heavy atom. The third kappa shape index (κ3) is 3.43. The van der Waals surface area contributed by atoms with Gasteiger partial charge in [0.2, 0.25) is 5.91 Å². The van der Waals surface area contributed by atoms with Gasteiger partial charge in [0.05, 0.1) is 6.04 Å². The second-order valence-electron chi connectivity index (χ2n) is 3.63. The highest BCUT2D eigenvalue weighted by atomic mass is 35.5. The van der Waals surface area contributed by atoms with Gasteiger partial charge < -0.3 is 11.1 Å². The first-order valence-electron chi connectivity index (χ1n) is 5.08. The number of hydrogen-bond donors (Lipinski definition) is 2. The predicted octanol–water partition coefficient (Wildman–Crippen LogP) is 1.44. The van der Waals surface area contributed by atoms with E-state index in [9.17, 15) is 4.79 Å². The third-order valence-corrected chi connectivity index (χ3v) is 2.65. The fourth-order valence-corrected chi connectivity index (χ4v) is 1.27. The Bertz CT molecular complexity index is 372. The van der Waals surface area contributed by atoms with Crippen LogP contribution >= 0.6 is 11.6 Å². The van der Waals surface area contributed by atoms with Crippen molar-refractivity contribution in [3.63, 3.8) is 0 Å². The van der Waals surface area contributed by atoms with E-state index in [0.29, 0.717) is 5.82 Å². The summed E-state index contributed by atoms with van der Waals surface area (Å²) in [5.74, 6) is 0.227. The standard InChI is InChI=1S/C10H15ClN4O/c1-3-6(2)9(12)10(16)15-8-4-7(11)13-5-14-8/h4-6,9H,3,12H2,1-2H3,(H,13,14,15,16). The molecule has 2 unspecified atom stereocenters. The van der Waals surface area contributed by atoms with Crippen LogP contribution in [0.4, 0.5) is 5.82 Å². The Balaban J connectivity index is 2.64. The number of nitrogens with two attached hydrogens (primary N) is 1. The van der Waals surface area contributed by atoms with Crippen molar-refractivity contribution in [2.75, 3.05) is 5.32 Å². The van der Waals surface area contributed by atoms with E-state index in [-0.39, 0.29) is 17.0 Å². The molecular formula is C10H15ClN4O. The molecular weight excluding hydrogens is 228 g/mol. The normalized spacial score (nSPS) is 14.2. The minimum atomic E-state index is -0.543. The van der Waals surface area contributed by atoms with Crippen LogP contribution in [-0.2, 0) is 4.79 Å². The Labute approximate surface area is 99.4 Å². The van der Waals surface area contributed by atoms with Gasteiger partial charge in [-0.3, -0.25) is 4.79 Å². The summed E-state index contributed by atoms with van der Waals surface area (Å²) < 4.78 is 0. The van der Waals surface area contributed by atoms with E-state index in [1.165, 1.54) is 12.4 Å². The Hall–Kier alpha value is -1.20. The summed E-state index contributed by atoms with van der Waals surface area (Å²) in [5, 5.41) is 2.88. The lowest BCUT2D eigenvalue weighted by Gasteiger charge is -2.17. The van der Waals surface area contributed by atoms with Gasteiger partial charge >= 0.3 is 0 Å². The molecule has 1 amide bonds. The van der Waals surface area contributed by atoms with E-state index < -0.39 is 6.04 Å². The fourth-order valence-electron chi connectivity index (χ4n) is 1.12. The van der Waals surface area contributed by atoms with Gasteiger partial charge in [-0.25, -0.2) is 9.97 Å². The Kier molecular flexibility index (Phi) is 4.64. The molecule has 0 aliphatic carbocycles. The van der Waals surface area contributed by atoms with E-state index in [4.69, 9.17) is 17.3 Å². The highest BCUT2D eigenvalue weighted by molar-refractivity contribution is 6.29. The minimum absolute atomic E-state index is 0.123. The number of anilines is 1. The summed E-state index contributed by atoms with van der Waals surface area (Å²) in [6, 6.07) is 0.932. The number of carbonyl (C=O) groups excluding carboxylic acids is 1. The molecule has 0 saturated heterocycles. The van der Waals surface area contributed by atoms with Crippen LogP contribution in [-0.4, -0.2) is 21.9 Å². The quantitative estimate of drug-likeness (QED) is 0.783. The van der Waals surface area contributed by atoms with Crippen molar-refractivity contribution >= 4 is 23.3 Å². The maximum atomic E-state index is 11.7. The van der Waals surface area contributed by atoms with Crippen molar-refractivity contribution in [2.45, 2.75) is 26.3 Å². The van der Waals surface area contributed by atoms with E-state index in [1.54, 1.807) is 0 Å². The number of aromatic nitrogens is 2. The first-order valence-corrected chi connectivity index (χ1v) is 5.46. The summed E-state index contributed by atoms with van der Waals surface area (Å²) in [6.45, 7) is 3.91. The van der Waals surface area contributed by atoms with Crippen LogP contribution in [0.5, 0.6) is 0 Å². The first-order chi connectivity index (χ1) is 7.54. The monoisotopic (exact) mass is 242 g/mol. The molecule has 1 aromatic heterocycles. The van der Waals surface area contributed by atoms with Gasteiger partial charge in [0, 0.05) is 6.07 Å². The zero-order valence-electron chi connectivity index (χ0n) is 9.27. The number of amides is 1. The molecule has 0 aliphatic heterocycles. The van der Waals surface area contributed by atoms with Crippen LogP contribution in [0.25, 0.3) is 0 Å². The van der Waals surface area contributed by atoms with Crippen LogP contribution in [0.2, 0.25) is 5.15 Å². The lowest BCUT2D eigenvalue weighted by molar-refractivity contribution is -0.118. The van der Waals surface area contributed by atoms with Gasteiger partial charge in [-0.15, -0.1) is 0 Å². The van der Waals surface area contributed by atoms with Gasteiger partial charge in [0.15, 0.2) is 0 Å².